The summed E-state index contributed by atoms with van der Waals surface area (Å²) in [6.45, 7) is 10.6. The zero-order valence-electron chi connectivity index (χ0n) is 13.5. The Labute approximate surface area is 123 Å². The molecule has 0 aromatic heterocycles. The van der Waals surface area contributed by atoms with E-state index in [1.807, 2.05) is 0 Å². The molecule has 20 heavy (non-hydrogen) atoms. The molecule has 116 valence electrons. The molecule has 0 amide bonds. The highest BCUT2D eigenvalue weighted by atomic mass is 16.5. The molecular weight excluding hydrogens is 252 g/mol. The van der Waals surface area contributed by atoms with E-state index in [1.54, 1.807) is 0 Å². The lowest BCUT2D eigenvalue weighted by Crippen LogP contribution is -2.61. The van der Waals surface area contributed by atoms with Crippen molar-refractivity contribution in [1.29, 1.82) is 0 Å². The Balaban J connectivity index is 2.10. The average molecular weight is 282 g/mol. The molecule has 2 rings (SSSR count). The van der Waals surface area contributed by atoms with Crippen molar-refractivity contribution in [2.75, 3.05) is 33.3 Å². The first-order valence-corrected chi connectivity index (χ1v) is 7.99. The van der Waals surface area contributed by atoms with E-state index in [0.717, 1.165) is 45.4 Å². The van der Waals surface area contributed by atoms with E-state index < -0.39 is 5.54 Å². The van der Waals surface area contributed by atoms with Gasteiger partial charge in [-0.3, -0.25) is 0 Å². The molecule has 1 atom stereocenters. The van der Waals surface area contributed by atoms with E-state index in [1.165, 1.54) is 13.5 Å². The molecule has 0 aromatic rings. The standard InChI is InChI=1S/C16H30N2O2/c1-5-9-17-16(13-6-7-13,14(19)20-4)12-18-10-8-15(2,3)11-18/h13,17H,5-12H2,1-4H3. The maximum Gasteiger partial charge on any atom is 0.327 e. The summed E-state index contributed by atoms with van der Waals surface area (Å²) in [5.41, 5.74) is -0.110. The van der Waals surface area contributed by atoms with Crippen LogP contribution in [0.4, 0.5) is 0 Å². The highest BCUT2D eigenvalue weighted by Gasteiger charge is 2.53. The molecule has 2 aliphatic rings. The van der Waals surface area contributed by atoms with Crippen LogP contribution in [0.2, 0.25) is 0 Å². The third-order valence-corrected chi connectivity index (χ3v) is 4.74. The van der Waals surface area contributed by atoms with Crippen LogP contribution in [0.1, 0.15) is 46.5 Å². The van der Waals surface area contributed by atoms with Crippen molar-refractivity contribution in [2.45, 2.75) is 52.0 Å². The van der Waals surface area contributed by atoms with Crippen molar-refractivity contribution in [2.24, 2.45) is 11.3 Å². The number of rotatable bonds is 7. The Bertz CT molecular complexity index is 352. The Kier molecular flexibility index (Phi) is 4.75. The highest BCUT2D eigenvalue weighted by molar-refractivity contribution is 5.82. The molecule has 0 spiro atoms. The second kappa shape index (κ2) is 6.02. The van der Waals surface area contributed by atoms with Crippen LogP contribution in [0, 0.1) is 11.3 Å². The monoisotopic (exact) mass is 282 g/mol. The molecule has 1 aliphatic heterocycles. The smallest absolute Gasteiger partial charge is 0.327 e. The van der Waals surface area contributed by atoms with Gasteiger partial charge in [0.1, 0.15) is 5.54 Å². The molecule has 2 fully saturated rings. The molecule has 0 bridgehead atoms. The fourth-order valence-electron chi connectivity index (χ4n) is 3.45. The third kappa shape index (κ3) is 3.34. The molecule has 1 unspecified atom stereocenters. The van der Waals surface area contributed by atoms with Crippen LogP contribution in [-0.4, -0.2) is 49.7 Å². The minimum Gasteiger partial charge on any atom is -0.468 e. The normalized spacial score (nSPS) is 25.4. The lowest BCUT2D eigenvalue weighted by molar-refractivity contribution is -0.150. The van der Waals surface area contributed by atoms with Gasteiger partial charge in [0.15, 0.2) is 0 Å². The third-order valence-electron chi connectivity index (χ3n) is 4.74. The fraction of sp³-hybridized carbons (Fsp3) is 0.938. The van der Waals surface area contributed by atoms with Gasteiger partial charge < -0.3 is 15.0 Å². The number of carbonyl (C=O) groups excluding carboxylic acids is 1. The Morgan fingerprint density at radius 3 is 2.60 bits per heavy atom. The van der Waals surface area contributed by atoms with Crippen molar-refractivity contribution >= 4 is 5.97 Å². The number of ether oxygens (including phenoxy) is 1. The van der Waals surface area contributed by atoms with Crippen molar-refractivity contribution in [3.8, 4) is 0 Å². The highest BCUT2D eigenvalue weighted by Crippen LogP contribution is 2.42. The van der Waals surface area contributed by atoms with Gasteiger partial charge >= 0.3 is 5.97 Å². The second-order valence-corrected chi connectivity index (χ2v) is 7.29. The first-order chi connectivity index (χ1) is 9.43. The van der Waals surface area contributed by atoms with Crippen LogP contribution in [0.25, 0.3) is 0 Å². The number of hydrogen-bond acceptors (Lipinski definition) is 4. The van der Waals surface area contributed by atoms with E-state index in [0.29, 0.717) is 11.3 Å². The maximum absolute atomic E-state index is 12.5. The van der Waals surface area contributed by atoms with Gasteiger partial charge in [0.25, 0.3) is 0 Å². The Hall–Kier alpha value is -0.610. The molecule has 1 N–H and O–H groups in total. The summed E-state index contributed by atoms with van der Waals surface area (Å²) in [4.78, 5) is 14.9. The summed E-state index contributed by atoms with van der Waals surface area (Å²) in [7, 11) is 1.51. The van der Waals surface area contributed by atoms with Gasteiger partial charge in [0, 0.05) is 13.1 Å². The minimum absolute atomic E-state index is 0.0712. The summed E-state index contributed by atoms with van der Waals surface area (Å²) in [5.74, 6) is 0.378. The molecule has 1 aliphatic carbocycles. The lowest BCUT2D eigenvalue weighted by Gasteiger charge is -2.36. The molecule has 0 radical (unpaired) electrons. The summed E-state index contributed by atoms with van der Waals surface area (Å²) < 4.78 is 5.15. The zero-order valence-corrected chi connectivity index (χ0v) is 13.5. The van der Waals surface area contributed by atoms with Crippen LogP contribution < -0.4 is 5.32 Å². The van der Waals surface area contributed by atoms with Crippen LogP contribution in [0.3, 0.4) is 0 Å². The van der Waals surface area contributed by atoms with Crippen LogP contribution >= 0.6 is 0 Å². The van der Waals surface area contributed by atoms with Crippen LogP contribution in [0.15, 0.2) is 0 Å². The van der Waals surface area contributed by atoms with Crippen LogP contribution in [0.5, 0.6) is 0 Å². The molecule has 0 aromatic carbocycles. The summed E-state index contributed by atoms with van der Waals surface area (Å²) in [6, 6.07) is 0. The van der Waals surface area contributed by atoms with E-state index in [2.05, 4.69) is 31.0 Å². The van der Waals surface area contributed by atoms with Gasteiger partial charge in [-0.05, 0) is 50.1 Å². The average Bonchev–Trinajstić information content (AvgIpc) is 3.19. The lowest BCUT2D eigenvalue weighted by atomic mass is 9.91. The van der Waals surface area contributed by atoms with Crippen molar-refractivity contribution in [1.82, 2.24) is 10.2 Å². The Morgan fingerprint density at radius 1 is 1.45 bits per heavy atom. The predicted octanol–water partition coefficient (Wildman–Crippen LogP) is 2.04. The first-order valence-electron chi connectivity index (χ1n) is 7.99. The second-order valence-electron chi connectivity index (χ2n) is 7.29. The van der Waals surface area contributed by atoms with Gasteiger partial charge in [0.2, 0.25) is 0 Å². The minimum atomic E-state index is -0.481. The summed E-state index contributed by atoms with van der Waals surface area (Å²) in [5, 5.41) is 3.53. The van der Waals surface area contributed by atoms with Crippen molar-refractivity contribution in [3.05, 3.63) is 0 Å². The zero-order chi connectivity index (χ0) is 14.8. The summed E-state index contributed by atoms with van der Waals surface area (Å²) in [6.07, 6.45) is 4.53. The SMILES string of the molecule is CCCNC(CN1CCC(C)(C)C1)(C(=O)OC)C1CC1. The number of nitrogens with one attached hydrogen (secondary N) is 1. The molecule has 4 nitrogen and oxygen atoms in total. The van der Waals surface area contributed by atoms with E-state index >= 15 is 0 Å². The van der Waals surface area contributed by atoms with Gasteiger partial charge in [-0.1, -0.05) is 20.8 Å². The molecule has 1 saturated heterocycles. The number of likely N-dealkylation sites (tertiary alicyclic amines) is 1. The fourth-order valence-corrected chi connectivity index (χ4v) is 3.45. The van der Waals surface area contributed by atoms with Gasteiger partial charge in [0.05, 0.1) is 7.11 Å². The van der Waals surface area contributed by atoms with Crippen molar-refractivity contribution < 1.29 is 9.53 Å². The maximum atomic E-state index is 12.5. The largest absolute Gasteiger partial charge is 0.468 e. The summed E-state index contributed by atoms with van der Waals surface area (Å²) >= 11 is 0. The van der Waals surface area contributed by atoms with E-state index in [4.69, 9.17) is 4.74 Å². The number of esters is 1. The quantitative estimate of drug-likeness (QED) is 0.726. The van der Waals surface area contributed by atoms with Gasteiger partial charge in [-0.2, -0.15) is 0 Å². The van der Waals surface area contributed by atoms with Crippen molar-refractivity contribution in [3.63, 3.8) is 0 Å². The topological polar surface area (TPSA) is 41.6 Å². The first kappa shape index (κ1) is 15.8. The van der Waals surface area contributed by atoms with E-state index in [9.17, 15) is 4.79 Å². The molecule has 1 saturated carbocycles. The Morgan fingerprint density at radius 2 is 2.15 bits per heavy atom. The predicted molar refractivity (Wildman–Crippen MR) is 80.6 cm³/mol. The number of methoxy groups -OCH3 is 1. The number of carbonyl (C=O) groups is 1. The molecule has 4 heteroatoms. The van der Waals surface area contributed by atoms with Gasteiger partial charge in [-0.25, -0.2) is 4.79 Å². The molecule has 1 heterocycles. The molecular formula is C16H30N2O2. The number of nitrogens with zero attached hydrogens (tertiary/aromatic N) is 1. The van der Waals surface area contributed by atoms with Gasteiger partial charge in [-0.15, -0.1) is 0 Å². The van der Waals surface area contributed by atoms with Crippen LogP contribution in [-0.2, 0) is 9.53 Å². The van der Waals surface area contributed by atoms with E-state index in [-0.39, 0.29) is 5.97 Å². The number of hydrogen-bond donors (Lipinski definition) is 1.